The van der Waals surface area contributed by atoms with E-state index in [-0.39, 0.29) is 5.56 Å². The first-order chi connectivity index (χ1) is 13.6. The molecule has 0 saturated carbocycles. The summed E-state index contributed by atoms with van der Waals surface area (Å²) in [4.78, 5) is 37.8. The fourth-order valence-corrected chi connectivity index (χ4v) is 2.97. The summed E-state index contributed by atoms with van der Waals surface area (Å²) < 4.78 is 54.7. The summed E-state index contributed by atoms with van der Waals surface area (Å²) in [6.45, 7) is 1.39. The number of imide groups is 1. The van der Waals surface area contributed by atoms with Crippen molar-refractivity contribution < 1.29 is 31.9 Å². The predicted octanol–water partition coefficient (Wildman–Crippen LogP) is 3.13. The van der Waals surface area contributed by atoms with Crippen molar-refractivity contribution >= 4 is 17.8 Å². The highest BCUT2D eigenvalue weighted by Crippen LogP contribution is 2.37. The number of alkyl halides is 3. The predicted molar refractivity (Wildman–Crippen MR) is 92.9 cm³/mol. The number of hydrogen-bond donors (Lipinski definition) is 2. The quantitative estimate of drug-likeness (QED) is 0.602. The Morgan fingerprint density at radius 1 is 1.07 bits per heavy atom. The van der Waals surface area contributed by atoms with Crippen LogP contribution in [0.3, 0.4) is 0 Å². The molecular formula is C19H15F4N3O3. The highest BCUT2D eigenvalue weighted by Gasteiger charge is 2.69. The first kappa shape index (κ1) is 20.3. The molecule has 6 nitrogen and oxygen atoms in total. The van der Waals surface area contributed by atoms with Gasteiger partial charge in [0.2, 0.25) is 0 Å². The van der Waals surface area contributed by atoms with Crippen molar-refractivity contribution in [2.75, 3.05) is 0 Å². The number of rotatable bonds is 4. The van der Waals surface area contributed by atoms with Crippen molar-refractivity contribution in [2.24, 2.45) is 0 Å². The van der Waals surface area contributed by atoms with Crippen LogP contribution in [0.2, 0.25) is 0 Å². The number of benzene rings is 2. The number of urea groups is 1. The van der Waals surface area contributed by atoms with Crippen molar-refractivity contribution in [3.63, 3.8) is 0 Å². The molecule has 4 amide bonds. The zero-order chi connectivity index (χ0) is 21.4. The minimum Gasteiger partial charge on any atom is -0.314 e. The Kier molecular flexibility index (Phi) is 5.04. The normalized spacial score (nSPS) is 20.4. The average molecular weight is 409 g/mol. The third-order valence-electron chi connectivity index (χ3n) is 4.55. The molecule has 0 unspecified atom stereocenters. The minimum atomic E-state index is -5.33. The average Bonchev–Trinajstić information content (AvgIpc) is 2.93. The Hall–Kier alpha value is -3.43. The highest BCUT2D eigenvalue weighted by atomic mass is 19.4. The maximum Gasteiger partial charge on any atom is 0.440 e. The number of nitrogens with one attached hydrogen (secondary N) is 2. The van der Waals surface area contributed by atoms with Crippen LogP contribution in [0.25, 0.3) is 0 Å². The molecule has 10 heteroatoms. The Labute approximate surface area is 162 Å². The molecule has 2 atom stereocenters. The molecule has 1 heterocycles. The van der Waals surface area contributed by atoms with E-state index < -0.39 is 41.5 Å². The van der Waals surface area contributed by atoms with Gasteiger partial charge in [-0.2, -0.15) is 13.2 Å². The van der Waals surface area contributed by atoms with E-state index in [0.29, 0.717) is 10.5 Å². The lowest BCUT2D eigenvalue weighted by atomic mass is 10.0. The molecular weight excluding hydrogens is 394 g/mol. The van der Waals surface area contributed by atoms with Gasteiger partial charge in [0, 0.05) is 5.56 Å². The first-order valence-electron chi connectivity index (χ1n) is 8.42. The fourth-order valence-electron chi connectivity index (χ4n) is 2.97. The molecule has 0 aromatic heterocycles. The second kappa shape index (κ2) is 7.19. The van der Waals surface area contributed by atoms with Crippen molar-refractivity contribution in [3.05, 3.63) is 71.5 Å². The summed E-state index contributed by atoms with van der Waals surface area (Å²) in [7, 11) is 0. The molecule has 0 bridgehead atoms. The van der Waals surface area contributed by atoms with Gasteiger partial charge in [0.1, 0.15) is 5.82 Å². The maximum absolute atomic E-state index is 13.9. The SMILES string of the molecule is C[C@@H](c1ccccc1)N1C(=O)N[C@@](NC(=O)c2ccc(F)cc2)(C(F)(F)F)C1=O. The summed E-state index contributed by atoms with van der Waals surface area (Å²) in [5, 5.41) is 3.15. The number of hydrogen-bond acceptors (Lipinski definition) is 3. The molecule has 1 aliphatic rings. The number of carbonyl (C=O) groups excluding carboxylic acids is 3. The first-order valence-corrected chi connectivity index (χ1v) is 8.42. The number of carbonyl (C=O) groups is 3. The van der Waals surface area contributed by atoms with Crippen molar-refractivity contribution in [3.8, 4) is 0 Å². The van der Waals surface area contributed by atoms with Crippen LogP contribution in [0.1, 0.15) is 28.9 Å². The van der Waals surface area contributed by atoms with E-state index in [1.807, 2.05) is 0 Å². The fraction of sp³-hybridized carbons (Fsp3) is 0.211. The second-order valence-corrected chi connectivity index (χ2v) is 6.40. The zero-order valence-electron chi connectivity index (χ0n) is 15.0. The van der Waals surface area contributed by atoms with Crippen molar-refractivity contribution in [2.45, 2.75) is 24.8 Å². The van der Waals surface area contributed by atoms with E-state index >= 15 is 0 Å². The third-order valence-corrected chi connectivity index (χ3v) is 4.55. The van der Waals surface area contributed by atoms with Gasteiger partial charge in [-0.05, 0) is 36.8 Å². The lowest BCUT2D eigenvalue weighted by Crippen LogP contribution is -2.69. The monoisotopic (exact) mass is 409 g/mol. The lowest BCUT2D eigenvalue weighted by Gasteiger charge is -2.30. The largest absolute Gasteiger partial charge is 0.440 e. The van der Waals surface area contributed by atoms with Gasteiger partial charge in [0.05, 0.1) is 6.04 Å². The molecule has 0 radical (unpaired) electrons. The van der Waals surface area contributed by atoms with Crippen LogP contribution in [0.4, 0.5) is 22.4 Å². The van der Waals surface area contributed by atoms with Crippen LogP contribution in [0, 0.1) is 5.82 Å². The topological polar surface area (TPSA) is 78.5 Å². The molecule has 1 saturated heterocycles. The van der Waals surface area contributed by atoms with E-state index in [4.69, 9.17) is 0 Å². The number of halogens is 4. The number of nitrogens with zero attached hydrogens (tertiary/aromatic N) is 1. The minimum absolute atomic E-state index is 0.313. The molecule has 1 aliphatic heterocycles. The van der Waals surface area contributed by atoms with E-state index in [2.05, 4.69) is 0 Å². The van der Waals surface area contributed by atoms with Crippen LogP contribution in [-0.4, -0.2) is 34.6 Å². The van der Waals surface area contributed by atoms with Gasteiger partial charge in [0.25, 0.3) is 17.5 Å². The molecule has 29 heavy (non-hydrogen) atoms. The van der Waals surface area contributed by atoms with E-state index in [1.165, 1.54) is 6.92 Å². The standard InChI is InChI=1S/C19H15F4N3O3/c1-11(12-5-3-2-4-6-12)26-16(28)18(19(21,22)23,25-17(26)29)24-15(27)13-7-9-14(20)10-8-13/h2-11H,1H3,(H,24,27)(H,25,29)/t11-,18+/m0/s1. The molecule has 2 N–H and O–H groups in total. The molecule has 3 rings (SSSR count). The van der Waals surface area contributed by atoms with Gasteiger partial charge in [-0.3, -0.25) is 19.8 Å². The van der Waals surface area contributed by atoms with E-state index in [0.717, 1.165) is 24.3 Å². The van der Waals surface area contributed by atoms with Gasteiger partial charge in [0.15, 0.2) is 0 Å². The Bertz CT molecular complexity index is 947. The van der Waals surface area contributed by atoms with Crippen LogP contribution >= 0.6 is 0 Å². The maximum atomic E-state index is 13.9. The Morgan fingerprint density at radius 3 is 2.21 bits per heavy atom. The van der Waals surface area contributed by atoms with E-state index in [9.17, 15) is 31.9 Å². The third kappa shape index (κ3) is 3.53. The second-order valence-electron chi connectivity index (χ2n) is 6.40. The lowest BCUT2D eigenvalue weighted by molar-refractivity contribution is -0.200. The van der Waals surface area contributed by atoms with Gasteiger partial charge >= 0.3 is 12.2 Å². The van der Waals surface area contributed by atoms with Gasteiger partial charge in [-0.25, -0.2) is 9.18 Å². The van der Waals surface area contributed by atoms with Crippen LogP contribution in [0.15, 0.2) is 54.6 Å². The molecule has 152 valence electrons. The van der Waals surface area contributed by atoms with Crippen molar-refractivity contribution in [1.29, 1.82) is 0 Å². The summed E-state index contributed by atoms with van der Waals surface area (Å²) in [6.07, 6.45) is -5.33. The summed E-state index contributed by atoms with van der Waals surface area (Å²) in [5.74, 6) is -3.66. The van der Waals surface area contributed by atoms with E-state index in [1.54, 1.807) is 41.0 Å². The highest BCUT2D eigenvalue weighted by molar-refractivity contribution is 6.10. The molecule has 0 spiro atoms. The summed E-state index contributed by atoms with van der Waals surface area (Å²) in [6, 6.07) is 9.35. The molecule has 0 aliphatic carbocycles. The van der Waals surface area contributed by atoms with Crippen LogP contribution in [-0.2, 0) is 4.79 Å². The summed E-state index contributed by atoms with van der Waals surface area (Å²) >= 11 is 0. The zero-order valence-corrected chi connectivity index (χ0v) is 15.0. The van der Waals surface area contributed by atoms with Crippen LogP contribution < -0.4 is 10.6 Å². The van der Waals surface area contributed by atoms with Gasteiger partial charge < -0.3 is 5.32 Å². The smallest absolute Gasteiger partial charge is 0.314 e. The molecule has 2 aromatic rings. The Morgan fingerprint density at radius 2 is 1.66 bits per heavy atom. The summed E-state index contributed by atoms with van der Waals surface area (Å²) in [5.41, 5.74) is -3.52. The Balaban J connectivity index is 1.96. The van der Waals surface area contributed by atoms with Crippen LogP contribution in [0.5, 0.6) is 0 Å². The number of amides is 4. The molecule has 2 aromatic carbocycles. The van der Waals surface area contributed by atoms with Gasteiger partial charge in [-0.15, -0.1) is 0 Å². The molecule has 1 fully saturated rings. The van der Waals surface area contributed by atoms with Crippen molar-refractivity contribution in [1.82, 2.24) is 15.5 Å². The van der Waals surface area contributed by atoms with Gasteiger partial charge in [-0.1, -0.05) is 30.3 Å².